The molecule has 0 unspecified atom stereocenters. The van der Waals surface area contributed by atoms with Gasteiger partial charge in [-0.3, -0.25) is 0 Å². The van der Waals surface area contributed by atoms with Gasteiger partial charge < -0.3 is 10.3 Å². The molecule has 2 N–H and O–H groups in total. The predicted molar refractivity (Wildman–Crippen MR) is 77.2 cm³/mol. The predicted octanol–water partition coefficient (Wildman–Crippen LogP) is 4.53. The lowest BCUT2D eigenvalue weighted by Crippen LogP contribution is -2.24. The molecule has 3 rings (SSSR count). The molecule has 0 atom stereocenters. The number of aromatic nitrogens is 1. The second kappa shape index (κ2) is 5.13. The Morgan fingerprint density at radius 2 is 2.00 bits per heavy atom. The zero-order valence-electron chi connectivity index (χ0n) is 11.9. The van der Waals surface area contributed by atoms with Crippen LogP contribution >= 0.6 is 0 Å². The standard InChI is InChI=1S/C16H18F2N2O/c1-10-3-2-4-12(9-10)13-14(20-21-15(13)19)11-5-7-16(17,18)8-6-11/h2-4,9,11H,5-8,19H2,1H3. The average molecular weight is 292 g/mol. The second-order valence-electron chi connectivity index (χ2n) is 5.81. The molecule has 0 saturated heterocycles. The number of hydrogen-bond acceptors (Lipinski definition) is 3. The molecule has 1 aromatic heterocycles. The first kappa shape index (κ1) is 14.0. The van der Waals surface area contributed by atoms with E-state index in [1.807, 2.05) is 31.2 Å². The van der Waals surface area contributed by atoms with E-state index in [0.29, 0.717) is 18.5 Å². The van der Waals surface area contributed by atoms with Gasteiger partial charge in [0.15, 0.2) is 0 Å². The summed E-state index contributed by atoms with van der Waals surface area (Å²) >= 11 is 0. The summed E-state index contributed by atoms with van der Waals surface area (Å²) in [6, 6.07) is 7.88. The van der Waals surface area contributed by atoms with Crippen LogP contribution in [0.15, 0.2) is 28.8 Å². The van der Waals surface area contributed by atoms with Crippen LogP contribution in [0.25, 0.3) is 11.1 Å². The molecule has 2 aromatic rings. The van der Waals surface area contributed by atoms with Gasteiger partial charge in [0.25, 0.3) is 0 Å². The van der Waals surface area contributed by atoms with Gasteiger partial charge in [-0.25, -0.2) is 8.78 Å². The maximum absolute atomic E-state index is 13.3. The fourth-order valence-corrected chi connectivity index (χ4v) is 3.00. The maximum Gasteiger partial charge on any atom is 0.248 e. The zero-order valence-corrected chi connectivity index (χ0v) is 11.9. The van der Waals surface area contributed by atoms with Crippen molar-refractivity contribution in [3.63, 3.8) is 0 Å². The lowest BCUT2D eigenvalue weighted by atomic mass is 9.82. The summed E-state index contributed by atoms with van der Waals surface area (Å²) in [6.45, 7) is 1.99. The molecule has 0 aliphatic heterocycles. The normalized spacial score (nSPS) is 18.8. The van der Waals surface area contributed by atoms with Crippen molar-refractivity contribution in [2.75, 3.05) is 5.73 Å². The number of halogens is 2. The molecule has 0 spiro atoms. The minimum absolute atomic E-state index is 0.0128. The Kier molecular flexibility index (Phi) is 3.43. The smallest absolute Gasteiger partial charge is 0.248 e. The highest BCUT2D eigenvalue weighted by atomic mass is 19.3. The van der Waals surface area contributed by atoms with E-state index in [1.165, 1.54) is 0 Å². The zero-order chi connectivity index (χ0) is 15.0. The SMILES string of the molecule is Cc1cccc(-c2c(C3CCC(F)(F)CC3)noc2N)c1. The lowest BCUT2D eigenvalue weighted by Gasteiger charge is -2.27. The monoisotopic (exact) mass is 292 g/mol. The molecule has 0 bridgehead atoms. The number of rotatable bonds is 2. The number of nitrogen functional groups attached to an aromatic ring is 1. The van der Waals surface area contributed by atoms with E-state index in [4.69, 9.17) is 10.3 Å². The summed E-state index contributed by atoms with van der Waals surface area (Å²) in [5, 5.41) is 4.05. The summed E-state index contributed by atoms with van der Waals surface area (Å²) in [5.41, 5.74) is 9.42. The third-order valence-electron chi connectivity index (χ3n) is 4.16. The van der Waals surface area contributed by atoms with Crippen molar-refractivity contribution >= 4 is 5.88 Å². The number of nitrogens with two attached hydrogens (primary N) is 1. The Labute approximate surface area is 122 Å². The van der Waals surface area contributed by atoms with Gasteiger partial charge >= 0.3 is 0 Å². The van der Waals surface area contributed by atoms with Crippen molar-refractivity contribution in [2.45, 2.75) is 44.4 Å². The minimum atomic E-state index is -2.55. The van der Waals surface area contributed by atoms with Crippen molar-refractivity contribution in [3.8, 4) is 11.1 Å². The van der Waals surface area contributed by atoms with E-state index in [2.05, 4.69) is 5.16 Å². The third kappa shape index (κ3) is 2.77. The van der Waals surface area contributed by atoms with E-state index < -0.39 is 5.92 Å². The Morgan fingerprint density at radius 3 is 2.67 bits per heavy atom. The maximum atomic E-state index is 13.3. The Hall–Kier alpha value is -1.91. The van der Waals surface area contributed by atoms with Gasteiger partial charge in [-0.15, -0.1) is 0 Å². The first-order valence-electron chi connectivity index (χ1n) is 7.16. The summed E-state index contributed by atoms with van der Waals surface area (Å²) in [4.78, 5) is 0. The highest BCUT2D eigenvalue weighted by molar-refractivity contribution is 5.76. The van der Waals surface area contributed by atoms with Gasteiger partial charge in [0.2, 0.25) is 11.8 Å². The van der Waals surface area contributed by atoms with Crippen LogP contribution in [-0.4, -0.2) is 11.1 Å². The first-order valence-corrected chi connectivity index (χ1v) is 7.16. The summed E-state index contributed by atoms with van der Waals surface area (Å²) in [7, 11) is 0. The molecule has 1 aliphatic rings. The summed E-state index contributed by atoms with van der Waals surface area (Å²) in [5.74, 6) is -2.30. The molecule has 1 fully saturated rings. The van der Waals surface area contributed by atoms with Crippen molar-refractivity contribution in [1.82, 2.24) is 5.16 Å². The van der Waals surface area contributed by atoms with Crippen LogP contribution in [0.5, 0.6) is 0 Å². The van der Waals surface area contributed by atoms with Crippen molar-refractivity contribution in [2.24, 2.45) is 0 Å². The van der Waals surface area contributed by atoms with Gasteiger partial charge in [0.1, 0.15) is 0 Å². The fourth-order valence-electron chi connectivity index (χ4n) is 3.00. The van der Waals surface area contributed by atoms with Gasteiger partial charge in [-0.1, -0.05) is 35.0 Å². The highest BCUT2D eigenvalue weighted by Crippen LogP contribution is 2.44. The molecular formula is C16H18F2N2O. The van der Waals surface area contributed by atoms with Crippen LogP contribution in [0.2, 0.25) is 0 Å². The molecule has 1 aliphatic carbocycles. The number of hydrogen-bond donors (Lipinski definition) is 1. The average Bonchev–Trinajstić information content (AvgIpc) is 2.80. The van der Waals surface area contributed by atoms with Crippen LogP contribution in [0.4, 0.5) is 14.7 Å². The van der Waals surface area contributed by atoms with E-state index in [-0.39, 0.29) is 24.6 Å². The van der Waals surface area contributed by atoms with E-state index in [1.54, 1.807) is 0 Å². The number of nitrogens with zero attached hydrogens (tertiary/aromatic N) is 1. The second-order valence-corrected chi connectivity index (χ2v) is 5.81. The molecule has 1 heterocycles. The molecule has 0 radical (unpaired) electrons. The minimum Gasteiger partial charge on any atom is -0.367 e. The summed E-state index contributed by atoms with van der Waals surface area (Å²) in [6.07, 6.45) is 0.630. The largest absolute Gasteiger partial charge is 0.367 e. The van der Waals surface area contributed by atoms with Crippen molar-refractivity contribution in [1.29, 1.82) is 0 Å². The lowest BCUT2D eigenvalue weighted by molar-refractivity contribution is -0.0386. The number of anilines is 1. The number of aryl methyl sites for hydroxylation is 1. The third-order valence-corrected chi connectivity index (χ3v) is 4.16. The molecule has 112 valence electrons. The van der Waals surface area contributed by atoms with Gasteiger partial charge in [0, 0.05) is 18.8 Å². The Morgan fingerprint density at radius 1 is 1.29 bits per heavy atom. The van der Waals surface area contributed by atoms with Gasteiger partial charge in [0.05, 0.1) is 11.3 Å². The summed E-state index contributed by atoms with van der Waals surface area (Å²) < 4.78 is 31.7. The van der Waals surface area contributed by atoms with Gasteiger partial charge in [-0.2, -0.15) is 0 Å². The Balaban J connectivity index is 1.95. The van der Waals surface area contributed by atoms with E-state index in [0.717, 1.165) is 16.7 Å². The molecule has 1 saturated carbocycles. The van der Waals surface area contributed by atoms with Gasteiger partial charge in [-0.05, 0) is 25.3 Å². The molecule has 5 heteroatoms. The Bertz CT molecular complexity index is 641. The molecule has 1 aromatic carbocycles. The number of benzene rings is 1. The molecule has 21 heavy (non-hydrogen) atoms. The topological polar surface area (TPSA) is 52.0 Å². The molecular weight excluding hydrogens is 274 g/mol. The fraction of sp³-hybridized carbons (Fsp3) is 0.438. The molecule has 0 amide bonds. The molecule has 3 nitrogen and oxygen atoms in total. The van der Waals surface area contributed by atoms with Crippen LogP contribution in [0, 0.1) is 6.92 Å². The van der Waals surface area contributed by atoms with Crippen LogP contribution < -0.4 is 5.73 Å². The van der Waals surface area contributed by atoms with E-state index >= 15 is 0 Å². The quantitative estimate of drug-likeness (QED) is 0.885. The number of alkyl halides is 2. The van der Waals surface area contributed by atoms with Crippen molar-refractivity contribution in [3.05, 3.63) is 35.5 Å². The first-order chi connectivity index (χ1) is 9.96. The van der Waals surface area contributed by atoms with Crippen LogP contribution in [-0.2, 0) is 0 Å². The van der Waals surface area contributed by atoms with Crippen LogP contribution in [0.3, 0.4) is 0 Å². The van der Waals surface area contributed by atoms with E-state index in [9.17, 15) is 8.78 Å². The highest BCUT2D eigenvalue weighted by Gasteiger charge is 2.37. The van der Waals surface area contributed by atoms with Crippen LogP contribution in [0.1, 0.15) is 42.9 Å². The van der Waals surface area contributed by atoms with Crippen molar-refractivity contribution < 1.29 is 13.3 Å².